The Morgan fingerprint density at radius 1 is 1.24 bits per heavy atom. The predicted molar refractivity (Wildman–Crippen MR) is 98.2 cm³/mol. The molecule has 0 atom stereocenters. The first-order chi connectivity index (χ1) is 11.1. The van der Waals surface area contributed by atoms with Gasteiger partial charge in [0.2, 0.25) is 0 Å². The van der Waals surface area contributed by atoms with Crippen LogP contribution in [0.1, 0.15) is 48.5 Å². The minimum atomic E-state index is -1.35. The second kappa shape index (κ2) is 7.49. The van der Waals surface area contributed by atoms with E-state index in [0.29, 0.717) is 0 Å². The summed E-state index contributed by atoms with van der Waals surface area (Å²) >= 11 is 6.10. The zero-order valence-electron chi connectivity index (χ0n) is 15.7. The van der Waals surface area contributed by atoms with Gasteiger partial charge in [-0.25, -0.2) is 9.78 Å². The number of pyridine rings is 1. The molecular weight excluding hydrogens is 346 g/mol. The Labute approximate surface area is 153 Å². The zero-order chi connectivity index (χ0) is 19.6. The van der Waals surface area contributed by atoms with Crippen molar-refractivity contribution in [3.8, 4) is 0 Å². The smallest absolute Gasteiger partial charge is 0.444 e. The third-order valence-corrected chi connectivity index (χ3v) is 3.93. The lowest BCUT2D eigenvalue weighted by Crippen LogP contribution is -2.53. The van der Waals surface area contributed by atoms with E-state index in [1.54, 1.807) is 48.5 Å². The molecule has 0 aliphatic rings. The molecule has 9 heteroatoms. The number of anilines is 1. The van der Waals surface area contributed by atoms with Crippen LogP contribution in [-0.2, 0) is 9.39 Å². The topological polar surface area (TPSA) is 101 Å². The van der Waals surface area contributed by atoms with Crippen molar-refractivity contribution in [1.29, 1.82) is 0 Å². The number of carbonyl (C=O) groups excluding carboxylic acids is 1. The van der Waals surface area contributed by atoms with Crippen LogP contribution in [0, 0.1) is 0 Å². The summed E-state index contributed by atoms with van der Waals surface area (Å²) in [7, 11) is -1.35. The van der Waals surface area contributed by atoms with Crippen molar-refractivity contribution < 1.29 is 24.3 Å². The van der Waals surface area contributed by atoms with Crippen LogP contribution in [0.3, 0.4) is 0 Å². The van der Waals surface area contributed by atoms with E-state index >= 15 is 0 Å². The number of aliphatic hydroxyl groups is 1. The summed E-state index contributed by atoms with van der Waals surface area (Å²) in [5.41, 5.74) is -2.56. The predicted octanol–water partition coefficient (Wildman–Crippen LogP) is 2.34. The van der Waals surface area contributed by atoms with E-state index in [0.717, 1.165) is 0 Å². The number of aromatic nitrogens is 1. The van der Waals surface area contributed by atoms with Crippen molar-refractivity contribution in [2.45, 2.75) is 65.3 Å². The Kier molecular flexibility index (Phi) is 6.50. The number of carbonyl (C=O) groups is 1. The summed E-state index contributed by atoms with van der Waals surface area (Å²) in [5.74, 6) is 0.105. The van der Waals surface area contributed by atoms with Crippen LogP contribution in [0.5, 0.6) is 0 Å². The molecule has 0 saturated carbocycles. The second-order valence-corrected chi connectivity index (χ2v) is 8.17. The van der Waals surface area contributed by atoms with E-state index in [4.69, 9.17) is 21.0 Å². The lowest BCUT2D eigenvalue weighted by Gasteiger charge is -2.38. The summed E-state index contributed by atoms with van der Waals surface area (Å²) in [5, 5.41) is 22.9. The quantitative estimate of drug-likeness (QED) is 0.686. The van der Waals surface area contributed by atoms with Crippen LogP contribution < -0.4 is 10.8 Å². The standard InChI is InChI=1S/C16H26BClN2O5/c1-14(2,3)24-13(21)20-12-11(18)8-10(9-19-12)17(23)25-16(6,7)15(4,5)22/h8-9,22-23H,1-7H3,(H,19,20,21). The molecular formula is C16H26BClN2O5. The van der Waals surface area contributed by atoms with Crippen LogP contribution in [0.25, 0.3) is 0 Å². The molecule has 7 nitrogen and oxygen atoms in total. The van der Waals surface area contributed by atoms with E-state index in [1.807, 2.05) is 0 Å². The first-order valence-electron chi connectivity index (χ1n) is 7.86. The van der Waals surface area contributed by atoms with Crippen molar-refractivity contribution in [2.24, 2.45) is 0 Å². The van der Waals surface area contributed by atoms with Gasteiger partial charge in [0.1, 0.15) is 5.60 Å². The number of hydrogen-bond donors (Lipinski definition) is 3. The van der Waals surface area contributed by atoms with E-state index in [2.05, 4.69) is 10.3 Å². The molecule has 1 heterocycles. The van der Waals surface area contributed by atoms with Crippen LogP contribution in [0.15, 0.2) is 12.3 Å². The third-order valence-electron chi connectivity index (χ3n) is 3.65. The summed E-state index contributed by atoms with van der Waals surface area (Å²) < 4.78 is 10.7. The van der Waals surface area contributed by atoms with Gasteiger partial charge in [0.25, 0.3) is 0 Å². The number of rotatable bonds is 5. The fraction of sp³-hybridized carbons (Fsp3) is 0.625. The van der Waals surface area contributed by atoms with Crippen molar-refractivity contribution in [2.75, 3.05) is 5.32 Å². The third kappa shape index (κ3) is 6.47. The Balaban J connectivity index is 2.86. The zero-order valence-corrected chi connectivity index (χ0v) is 16.4. The maximum atomic E-state index is 11.8. The van der Waals surface area contributed by atoms with Crippen molar-refractivity contribution in [3.63, 3.8) is 0 Å². The van der Waals surface area contributed by atoms with Gasteiger partial charge in [-0.15, -0.1) is 0 Å². The van der Waals surface area contributed by atoms with E-state index < -0.39 is 30.0 Å². The van der Waals surface area contributed by atoms with E-state index in [9.17, 15) is 14.9 Å². The van der Waals surface area contributed by atoms with Crippen LogP contribution in [-0.4, -0.2) is 45.1 Å². The first kappa shape index (κ1) is 21.7. The largest absolute Gasteiger partial charge is 0.493 e. The molecule has 0 fully saturated rings. The lowest BCUT2D eigenvalue weighted by molar-refractivity contribution is -0.0982. The molecule has 1 amide bonds. The normalized spacial score (nSPS) is 12.7. The molecule has 1 rings (SSSR count). The summed E-state index contributed by atoms with van der Waals surface area (Å²) in [6.07, 6.45) is 0.638. The van der Waals surface area contributed by atoms with Crippen LogP contribution >= 0.6 is 11.6 Å². The highest BCUT2D eigenvalue weighted by atomic mass is 35.5. The van der Waals surface area contributed by atoms with Gasteiger partial charge < -0.3 is 19.5 Å². The molecule has 0 spiro atoms. The van der Waals surface area contributed by atoms with Crippen LogP contribution in [0.2, 0.25) is 5.02 Å². The maximum Gasteiger partial charge on any atom is 0.493 e. The average molecular weight is 373 g/mol. The highest BCUT2D eigenvalue weighted by Crippen LogP contribution is 2.26. The molecule has 1 aromatic heterocycles. The summed E-state index contributed by atoms with van der Waals surface area (Å²) in [6.45, 7) is 11.7. The minimum Gasteiger partial charge on any atom is -0.444 e. The maximum absolute atomic E-state index is 11.8. The Hall–Kier alpha value is -1.35. The number of nitrogens with zero attached hydrogens (tertiary/aromatic N) is 1. The van der Waals surface area contributed by atoms with Crippen molar-refractivity contribution >= 4 is 36.1 Å². The number of ether oxygens (including phenoxy) is 1. The first-order valence-corrected chi connectivity index (χ1v) is 8.24. The Bertz CT molecular complexity index is 626. The molecule has 0 unspecified atom stereocenters. The Morgan fingerprint density at radius 3 is 2.24 bits per heavy atom. The number of hydrogen-bond acceptors (Lipinski definition) is 6. The molecule has 25 heavy (non-hydrogen) atoms. The van der Waals surface area contributed by atoms with Crippen LogP contribution in [0.4, 0.5) is 10.6 Å². The SMILES string of the molecule is CC(C)(C)OC(=O)Nc1ncc(B(O)OC(C)(C)C(C)(C)O)cc1Cl. The molecule has 1 aromatic rings. The van der Waals surface area contributed by atoms with Gasteiger partial charge in [-0.2, -0.15) is 0 Å². The second-order valence-electron chi connectivity index (χ2n) is 7.77. The molecule has 140 valence electrons. The highest BCUT2D eigenvalue weighted by Gasteiger charge is 2.39. The van der Waals surface area contributed by atoms with Gasteiger partial charge in [-0.1, -0.05) is 11.6 Å². The van der Waals surface area contributed by atoms with Gasteiger partial charge in [0.05, 0.1) is 16.2 Å². The fourth-order valence-corrected chi connectivity index (χ4v) is 1.79. The van der Waals surface area contributed by atoms with Gasteiger partial charge in [-0.05, 0) is 54.5 Å². The molecule has 0 radical (unpaired) electrons. The summed E-state index contributed by atoms with van der Waals surface area (Å²) in [4.78, 5) is 15.8. The number of nitrogens with one attached hydrogen (secondary N) is 1. The van der Waals surface area contributed by atoms with Gasteiger partial charge in [-0.3, -0.25) is 5.32 Å². The van der Waals surface area contributed by atoms with E-state index in [-0.39, 0.29) is 16.3 Å². The fourth-order valence-electron chi connectivity index (χ4n) is 1.57. The molecule has 0 saturated heterocycles. The molecule has 0 aromatic carbocycles. The van der Waals surface area contributed by atoms with Crippen molar-refractivity contribution in [3.05, 3.63) is 17.3 Å². The molecule has 0 aliphatic heterocycles. The highest BCUT2D eigenvalue weighted by molar-refractivity contribution is 6.60. The van der Waals surface area contributed by atoms with Gasteiger partial charge in [0.15, 0.2) is 5.82 Å². The van der Waals surface area contributed by atoms with Gasteiger partial charge >= 0.3 is 13.2 Å². The number of amides is 1. The summed E-state index contributed by atoms with van der Waals surface area (Å²) in [6, 6.07) is 1.42. The monoisotopic (exact) mass is 372 g/mol. The Morgan fingerprint density at radius 2 is 1.80 bits per heavy atom. The molecule has 0 bridgehead atoms. The lowest BCUT2D eigenvalue weighted by atomic mass is 9.77. The number of halogens is 1. The molecule has 3 N–H and O–H groups in total. The average Bonchev–Trinajstić information content (AvgIpc) is 2.36. The van der Waals surface area contributed by atoms with E-state index in [1.165, 1.54) is 12.3 Å². The van der Waals surface area contributed by atoms with Gasteiger partial charge in [0, 0.05) is 11.7 Å². The molecule has 0 aliphatic carbocycles. The minimum absolute atomic E-state index is 0.105. The van der Waals surface area contributed by atoms with Crippen molar-refractivity contribution in [1.82, 2.24) is 4.98 Å².